The molecule has 0 radical (unpaired) electrons. The van der Waals surface area contributed by atoms with Gasteiger partial charge in [-0.15, -0.1) is 0 Å². The molecule has 18 heavy (non-hydrogen) atoms. The molecule has 6 heteroatoms. The number of hydrogen-bond donors (Lipinski definition) is 0. The molecular formula is C12H20O6. The van der Waals surface area contributed by atoms with Crippen molar-refractivity contribution in [3.8, 4) is 0 Å². The molecule has 6 nitrogen and oxygen atoms in total. The summed E-state index contributed by atoms with van der Waals surface area (Å²) in [5, 5.41) is 0. The zero-order valence-corrected chi connectivity index (χ0v) is 11.6. The fourth-order valence-electron chi connectivity index (χ4n) is 1.58. The molecular weight excluding hydrogens is 240 g/mol. The molecule has 1 heterocycles. The molecule has 0 amide bonds. The van der Waals surface area contributed by atoms with Crippen LogP contribution in [0.4, 0.5) is 0 Å². The van der Waals surface area contributed by atoms with Crippen molar-refractivity contribution in [2.75, 3.05) is 7.11 Å². The van der Waals surface area contributed by atoms with Crippen LogP contribution in [0.2, 0.25) is 0 Å². The molecule has 0 aromatic rings. The van der Waals surface area contributed by atoms with Crippen LogP contribution in [0.25, 0.3) is 0 Å². The quantitative estimate of drug-likeness (QED) is 0.690. The van der Waals surface area contributed by atoms with E-state index in [1.165, 1.54) is 7.11 Å². The van der Waals surface area contributed by atoms with Gasteiger partial charge in [0.15, 0.2) is 18.0 Å². The molecule has 0 saturated carbocycles. The summed E-state index contributed by atoms with van der Waals surface area (Å²) < 4.78 is 20.5. The third kappa shape index (κ3) is 3.68. The first-order valence-electron chi connectivity index (χ1n) is 5.72. The Morgan fingerprint density at radius 2 is 1.50 bits per heavy atom. The lowest BCUT2D eigenvalue weighted by molar-refractivity contribution is -0.179. The summed E-state index contributed by atoms with van der Waals surface area (Å²) in [4.78, 5) is 23.5. The first-order chi connectivity index (χ1) is 8.06. The summed E-state index contributed by atoms with van der Waals surface area (Å²) >= 11 is 0. The van der Waals surface area contributed by atoms with Crippen LogP contribution in [0.1, 0.15) is 34.6 Å². The maximum Gasteiger partial charge on any atom is 0.339 e. The van der Waals surface area contributed by atoms with Crippen LogP contribution in [0.3, 0.4) is 0 Å². The summed E-state index contributed by atoms with van der Waals surface area (Å²) in [5.41, 5.74) is -0.659. The summed E-state index contributed by atoms with van der Waals surface area (Å²) in [6, 6.07) is 0. The van der Waals surface area contributed by atoms with Gasteiger partial charge in [0.05, 0.1) is 7.11 Å². The van der Waals surface area contributed by atoms with Crippen molar-refractivity contribution in [3.05, 3.63) is 0 Å². The van der Waals surface area contributed by atoms with Crippen LogP contribution in [-0.2, 0) is 28.5 Å². The van der Waals surface area contributed by atoms with Gasteiger partial charge in [-0.3, -0.25) is 0 Å². The van der Waals surface area contributed by atoms with Crippen LogP contribution in [0.15, 0.2) is 0 Å². The molecule has 0 aromatic heterocycles. The van der Waals surface area contributed by atoms with E-state index in [1.807, 2.05) is 0 Å². The van der Waals surface area contributed by atoms with E-state index < -0.39 is 35.5 Å². The van der Waals surface area contributed by atoms with Gasteiger partial charge in [-0.1, -0.05) is 0 Å². The Bertz CT molecular complexity index is 341. The number of rotatable bonds is 2. The van der Waals surface area contributed by atoms with Crippen molar-refractivity contribution in [3.63, 3.8) is 0 Å². The zero-order chi connectivity index (χ0) is 14.1. The standard InChI is InChI=1S/C12H20O6/c1-11(2,3)18-10(14)8-7(9(13)15-6)16-12(4,5)17-8/h7-8H,1-6H3/t7-,8?/m1/s1. The van der Waals surface area contributed by atoms with Gasteiger partial charge in [0, 0.05) is 0 Å². The van der Waals surface area contributed by atoms with E-state index in [4.69, 9.17) is 14.2 Å². The second-order valence-corrected chi connectivity index (χ2v) is 5.53. The van der Waals surface area contributed by atoms with E-state index >= 15 is 0 Å². The molecule has 0 aromatic carbocycles. The molecule has 1 aliphatic heterocycles. The summed E-state index contributed by atoms with van der Waals surface area (Å²) in [6.45, 7) is 8.44. The minimum atomic E-state index is -1.10. The molecule has 0 bridgehead atoms. The number of esters is 2. The van der Waals surface area contributed by atoms with E-state index in [-0.39, 0.29) is 0 Å². The minimum absolute atomic E-state index is 0.636. The third-order valence-electron chi connectivity index (χ3n) is 2.17. The Morgan fingerprint density at radius 3 is 1.89 bits per heavy atom. The van der Waals surface area contributed by atoms with Gasteiger partial charge in [0.1, 0.15) is 5.60 Å². The van der Waals surface area contributed by atoms with E-state index in [0.717, 1.165) is 0 Å². The Morgan fingerprint density at radius 1 is 1.06 bits per heavy atom. The van der Waals surface area contributed by atoms with Crippen molar-refractivity contribution >= 4 is 11.9 Å². The largest absolute Gasteiger partial charge is 0.467 e. The maximum absolute atomic E-state index is 11.9. The van der Waals surface area contributed by atoms with Gasteiger partial charge in [-0.05, 0) is 34.6 Å². The minimum Gasteiger partial charge on any atom is -0.467 e. The van der Waals surface area contributed by atoms with Gasteiger partial charge >= 0.3 is 11.9 Å². The molecule has 1 aliphatic rings. The van der Waals surface area contributed by atoms with Crippen LogP contribution in [0.5, 0.6) is 0 Å². The topological polar surface area (TPSA) is 71.1 Å². The fourth-order valence-corrected chi connectivity index (χ4v) is 1.58. The van der Waals surface area contributed by atoms with Gasteiger partial charge in [0.2, 0.25) is 0 Å². The predicted octanol–water partition coefficient (Wildman–Crippen LogP) is 1.02. The molecule has 1 fully saturated rings. The van der Waals surface area contributed by atoms with Gasteiger partial charge in [-0.2, -0.15) is 0 Å². The lowest BCUT2D eigenvalue weighted by Crippen LogP contribution is -2.41. The van der Waals surface area contributed by atoms with E-state index in [1.54, 1.807) is 34.6 Å². The first-order valence-corrected chi connectivity index (χ1v) is 5.72. The third-order valence-corrected chi connectivity index (χ3v) is 2.17. The Hall–Kier alpha value is -1.14. The first kappa shape index (κ1) is 14.9. The normalized spacial score (nSPS) is 26.8. The van der Waals surface area contributed by atoms with Crippen LogP contribution in [0, 0.1) is 0 Å². The van der Waals surface area contributed by atoms with Crippen LogP contribution >= 0.6 is 0 Å². The van der Waals surface area contributed by atoms with E-state index in [2.05, 4.69) is 4.74 Å². The predicted molar refractivity (Wildman–Crippen MR) is 61.7 cm³/mol. The lowest BCUT2D eigenvalue weighted by atomic mass is 10.1. The molecule has 0 spiro atoms. The summed E-state index contributed by atoms with van der Waals surface area (Å²) in [5.74, 6) is -2.32. The van der Waals surface area contributed by atoms with E-state index in [0.29, 0.717) is 0 Å². The van der Waals surface area contributed by atoms with Crippen molar-refractivity contribution in [2.24, 2.45) is 0 Å². The van der Waals surface area contributed by atoms with Gasteiger partial charge in [0.25, 0.3) is 0 Å². The Kier molecular flexibility index (Phi) is 4.02. The molecule has 0 aliphatic carbocycles. The smallest absolute Gasteiger partial charge is 0.339 e. The molecule has 2 atom stereocenters. The molecule has 1 unspecified atom stereocenters. The molecule has 104 valence electrons. The van der Waals surface area contributed by atoms with Crippen molar-refractivity contribution in [1.82, 2.24) is 0 Å². The Balaban J connectivity index is 2.84. The number of carbonyl (C=O) groups excluding carboxylic acids is 2. The second-order valence-electron chi connectivity index (χ2n) is 5.53. The summed E-state index contributed by atoms with van der Waals surface area (Å²) in [7, 11) is 1.23. The average Bonchev–Trinajstić information content (AvgIpc) is 2.51. The maximum atomic E-state index is 11.9. The number of methoxy groups -OCH3 is 1. The highest BCUT2D eigenvalue weighted by molar-refractivity contribution is 5.86. The molecule has 0 N–H and O–H groups in total. The SMILES string of the molecule is COC(=O)[C@@H]1OC(C)(C)OC1C(=O)OC(C)(C)C. The number of carbonyl (C=O) groups is 2. The highest BCUT2D eigenvalue weighted by atomic mass is 16.8. The monoisotopic (exact) mass is 260 g/mol. The number of ether oxygens (including phenoxy) is 4. The lowest BCUT2D eigenvalue weighted by Gasteiger charge is -2.23. The average molecular weight is 260 g/mol. The van der Waals surface area contributed by atoms with Gasteiger partial charge in [-0.25, -0.2) is 9.59 Å². The highest BCUT2D eigenvalue weighted by Crippen LogP contribution is 2.30. The van der Waals surface area contributed by atoms with Crippen molar-refractivity contribution in [2.45, 2.75) is 58.2 Å². The van der Waals surface area contributed by atoms with E-state index in [9.17, 15) is 9.59 Å². The number of hydrogen-bond acceptors (Lipinski definition) is 6. The highest BCUT2D eigenvalue weighted by Gasteiger charge is 2.51. The van der Waals surface area contributed by atoms with Crippen LogP contribution < -0.4 is 0 Å². The molecule has 1 saturated heterocycles. The van der Waals surface area contributed by atoms with Gasteiger partial charge < -0.3 is 18.9 Å². The Labute approximate surface area is 107 Å². The fraction of sp³-hybridized carbons (Fsp3) is 0.833. The summed E-state index contributed by atoms with van der Waals surface area (Å²) in [6.07, 6.45) is -2.20. The van der Waals surface area contributed by atoms with Crippen molar-refractivity contribution < 1.29 is 28.5 Å². The van der Waals surface area contributed by atoms with Crippen LogP contribution in [-0.4, -0.2) is 42.6 Å². The van der Waals surface area contributed by atoms with Crippen molar-refractivity contribution in [1.29, 1.82) is 0 Å². The molecule has 1 rings (SSSR count). The zero-order valence-electron chi connectivity index (χ0n) is 11.6. The second kappa shape index (κ2) is 4.85.